The zero-order valence-corrected chi connectivity index (χ0v) is 11.2. The van der Waals surface area contributed by atoms with Gasteiger partial charge in [-0.2, -0.15) is 4.98 Å². The molecular formula is C12H14N6O3. The summed E-state index contributed by atoms with van der Waals surface area (Å²) in [5, 5.41) is 13.8. The monoisotopic (exact) mass is 290 g/mol. The van der Waals surface area contributed by atoms with Crippen LogP contribution in [0, 0.1) is 10.1 Å². The van der Waals surface area contributed by atoms with Gasteiger partial charge in [-0.05, 0) is 31.2 Å². The van der Waals surface area contributed by atoms with Crippen LogP contribution in [0.3, 0.4) is 0 Å². The Morgan fingerprint density at radius 2 is 2.10 bits per heavy atom. The number of nitrogens with two attached hydrogens (primary N) is 1. The Morgan fingerprint density at radius 3 is 2.67 bits per heavy atom. The molecule has 0 saturated carbocycles. The minimum absolute atomic E-state index is 0.0482. The van der Waals surface area contributed by atoms with Crippen molar-refractivity contribution in [2.24, 2.45) is 5.84 Å². The number of nitrogens with zero attached hydrogens (tertiary/aromatic N) is 3. The number of hydrogen-bond donors (Lipinski definition) is 3. The molecule has 0 saturated heterocycles. The van der Waals surface area contributed by atoms with E-state index in [1.54, 1.807) is 24.3 Å². The van der Waals surface area contributed by atoms with E-state index in [1.165, 1.54) is 0 Å². The number of hydrazine groups is 1. The molecule has 0 aliphatic heterocycles. The van der Waals surface area contributed by atoms with Crippen molar-refractivity contribution in [3.8, 4) is 5.75 Å². The number of nitro groups is 1. The van der Waals surface area contributed by atoms with Crippen molar-refractivity contribution < 1.29 is 9.66 Å². The summed E-state index contributed by atoms with van der Waals surface area (Å²) in [6.07, 6.45) is 1.08. The van der Waals surface area contributed by atoms with Gasteiger partial charge in [0.05, 0.1) is 11.5 Å². The molecule has 2 aromatic rings. The van der Waals surface area contributed by atoms with E-state index < -0.39 is 4.92 Å². The molecule has 110 valence electrons. The maximum Gasteiger partial charge on any atom is 0.329 e. The van der Waals surface area contributed by atoms with Crippen LogP contribution in [0.2, 0.25) is 0 Å². The lowest BCUT2D eigenvalue weighted by Gasteiger charge is -2.08. The molecule has 9 nitrogen and oxygen atoms in total. The third kappa shape index (κ3) is 3.54. The molecule has 0 radical (unpaired) electrons. The van der Waals surface area contributed by atoms with E-state index in [-0.39, 0.29) is 17.5 Å². The summed E-state index contributed by atoms with van der Waals surface area (Å²) < 4.78 is 5.32. The summed E-state index contributed by atoms with van der Waals surface area (Å²) in [4.78, 5) is 18.0. The van der Waals surface area contributed by atoms with E-state index in [0.717, 1.165) is 6.20 Å². The normalized spacial score (nSPS) is 10.0. The van der Waals surface area contributed by atoms with Gasteiger partial charge >= 0.3 is 5.69 Å². The molecule has 0 amide bonds. The molecule has 1 aromatic heterocycles. The number of hydrogen-bond acceptors (Lipinski definition) is 8. The molecule has 0 spiro atoms. The van der Waals surface area contributed by atoms with Crippen LogP contribution in [0.15, 0.2) is 30.5 Å². The summed E-state index contributed by atoms with van der Waals surface area (Å²) in [7, 11) is 0. The number of nitrogen functional groups attached to an aromatic ring is 1. The molecule has 4 N–H and O–H groups in total. The highest BCUT2D eigenvalue weighted by Gasteiger charge is 2.17. The van der Waals surface area contributed by atoms with Crippen molar-refractivity contribution in [3.63, 3.8) is 0 Å². The largest absolute Gasteiger partial charge is 0.494 e. The first-order chi connectivity index (χ1) is 10.1. The average Bonchev–Trinajstić information content (AvgIpc) is 2.49. The fourth-order valence-corrected chi connectivity index (χ4v) is 1.61. The zero-order chi connectivity index (χ0) is 15.2. The van der Waals surface area contributed by atoms with Crippen molar-refractivity contribution in [2.45, 2.75) is 6.92 Å². The Hall–Kier alpha value is -2.94. The second-order valence-corrected chi connectivity index (χ2v) is 3.91. The van der Waals surface area contributed by atoms with E-state index in [4.69, 9.17) is 10.6 Å². The average molecular weight is 290 g/mol. The number of aromatic nitrogens is 2. The summed E-state index contributed by atoms with van der Waals surface area (Å²) >= 11 is 0. The number of rotatable bonds is 6. The highest BCUT2D eigenvalue weighted by molar-refractivity contribution is 5.66. The van der Waals surface area contributed by atoms with Crippen LogP contribution in [0.5, 0.6) is 5.75 Å². The molecule has 9 heteroatoms. The predicted molar refractivity (Wildman–Crippen MR) is 77.4 cm³/mol. The first kappa shape index (κ1) is 14.5. The van der Waals surface area contributed by atoms with Gasteiger partial charge in [0.2, 0.25) is 11.8 Å². The van der Waals surface area contributed by atoms with Crippen molar-refractivity contribution >= 4 is 23.1 Å². The lowest BCUT2D eigenvalue weighted by atomic mass is 10.3. The van der Waals surface area contributed by atoms with E-state index in [1.807, 2.05) is 6.92 Å². The van der Waals surface area contributed by atoms with Crippen molar-refractivity contribution in [3.05, 3.63) is 40.6 Å². The smallest absolute Gasteiger partial charge is 0.329 e. The lowest BCUT2D eigenvalue weighted by molar-refractivity contribution is -0.384. The highest BCUT2D eigenvalue weighted by Crippen LogP contribution is 2.26. The topological polar surface area (TPSA) is 128 Å². The molecule has 0 bridgehead atoms. The number of nitrogens with one attached hydrogen (secondary N) is 2. The Labute approximate surface area is 120 Å². The van der Waals surface area contributed by atoms with E-state index in [0.29, 0.717) is 18.0 Å². The second kappa shape index (κ2) is 6.48. The molecule has 2 rings (SSSR count). The van der Waals surface area contributed by atoms with Crippen LogP contribution < -0.4 is 21.3 Å². The fraction of sp³-hybridized carbons (Fsp3) is 0.167. The van der Waals surface area contributed by atoms with Crippen molar-refractivity contribution in [1.29, 1.82) is 0 Å². The zero-order valence-electron chi connectivity index (χ0n) is 11.2. The first-order valence-electron chi connectivity index (χ1n) is 6.12. The van der Waals surface area contributed by atoms with Gasteiger partial charge in [-0.3, -0.25) is 15.5 Å². The fourth-order valence-electron chi connectivity index (χ4n) is 1.61. The number of benzene rings is 1. The van der Waals surface area contributed by atoms with Gasteiger partial charge in [0.1, 0.15) is 11.9 Å². The first-order valence-corrected chi connectivity index (χ1v) is 6.12. The van der Waals surface area contributed by atoms with Gasteiger partial charge in [-0.25, -0.2) is 10.8 Å². The van der Waals surface area contributed by atoms with E-state index >= 15 is 0 Å². The SMILES string of the molecule is CCOc1ccc(Nc2nc(NN)ncc2[N+](=O)[O-])cc1. The number of anilines is 3. The van der Waals surface area contributed by atoms with Crippen LogP contribution in [0.1, 0.15) is 6.92 Å². The Morgan fingerprint density at radius 1 is 1.38 bits per heavy atom. The molecule has 21 heavy (non-hydrogen) atoms. The molecular weight excluding hydrogens is 276 g/mol. The molecule has 0 fully saturated rings. The summed E-state index contributed by atoms with van der Waals surface area (Å²) in [5.74, 6) is 6.04. The quantitative estimate of drug-likeness (QED) is 0.417. The van der Waals surface area contributed by atoms with Crippen LogP contribution in [-0.2, 0) is 0 Å². The van der Waals surface area contributed by atoms with Gasteiger partial charge in [-0.15, -0.1) is 0 Å². The Balaban J connectivity index is 2.26. The Kier molecular flexibility index (Phi) is 4.46. The summed E-state index contributed by atoms with van der Waals surface area (Å²) in [6.45, 7) is 2.45. The van der Waals surface area contributed by atoms with Gasteiger partial charge in [0.25, 0.3) is 0 Å². The summed E-state index contributed by atoms with van der Waals surface area (Å²) in [5.41, 5.74) is 2.62. The van der Waals surface area contributed by atoms with Gasteiger partial charge in [0.15, 0.2) is 0 Å². The maximum absolute atomic E-state index is 11.0. The maximum atomic E-state index is 11.0. The summed E-state index contributed by atoms with van der Waals surface area (Å²) in [6, 6.07) is 6.96. The van der Waals surface area contributed by atoms with Crippen molar-refractivity contribution in [2.75, 3.05) is 17.3 Å². The van der Waals surface area contributed by atoms with E-state index in [2.05, 4.69) is 20.7 Å². The van der Waals surface area contributed by atoms with E-state index in [9.17, 15) is 10.1 Å². The van der Waals surface area contributed by atoms with Gasteiger partial charge < -0.3 is 10.1 Å². The van der Waals surface area contributed by atoms with Crippen LogP contribution in [0.4, 0.5) is 23.1 Å². The third-order valence-corrected chi connectivity index (χ3v) is 2.52. The number of ether oxygens (including phenoxy) is 1. The highest BCUT2D eigenvalue weighted by atomic mass is 16.6. The molecule has 0 aliphatic carbocycles. The van der Waals surface area contributed by atoms with Gasteiger partial charge in [-0.1, -0.05) is 0 Å². The van der Waals surface area contributed by atoms with Crippen LogP contribution in [-0.4, -0.2) is 21.5 Å². The van der Waals surface area contributed by atoms with Crippen molar-refractivity contribution in [1.82, 2.24) is 9.97 Å². The molecule has 0 atom stereocenters. The molecule has 0 aliphatic rings. The Bertz CT molecular complexity index is 631. The second-order valence-electron chi connectivity index (χ2n) is 3.91. The molecule has 0 unspecified atom stereocenters. The predicted octanol–water partition coefficient (Wildman–Crippen LogP) is 1.81. The van der Waals surface area contributed by atoms with Crippen LogP contribution in [0.25, 0.3) is 0 Å². The standard InChI is InChI=1S/C12H14N6O3/c1-2-21-9-5-3-8(4-6-9)15-11-10(18(19)20)7-14-12(16-11)17-13/h3-7H,2,13H2,1H3,(H2,14,15,16,17). The minimum Gasteiger partial charge on any atom is -0.494 e. The third-order valence-electron chi connectivity index (χ3n) is 2.52. The molecule has 1 aromatic carbocycles. The molecule has 1 heterocycles. The van der Waals surface area contributed by atoms with Gasteiger partial charge in [0, 0.05) is 5.69 Å². The van der Waals surface area contributed by atoms with Crippen LogP contribution >= 0.6 is 0 Å². The minimum atomic E-state index is -0.572. The lowest BCUT2D eigenvalue weighted by Crippen LogP contribution is -2.12.